The highest BCUT2D eigenvalue weighted by molar-refractivity contribution is 6.03. The second-order valence-corrected chi connectivity index (χ2v) is 3.77. The van der Waals surface area contributed by atoms with Gasteiger partial charge in [-0.05, 0) is 18.2 Å². The molecule has 0 spiro atoms. The Morgan fingerprint density at radius 3 is 2.78 bits per heavy atom. The molecule has 0 fully saturated rings. The van der Waals surface area contributed by atoms with Gasteiger partial charge in [-0.1, -0.05) is 18.2 Å². The maximum atomic E-state index is 11.9. The maximum Gasteiger partial charge on any atom is 0.256 e. The molecule has 1 N–H and O–H groups in total. The number of hydrogen-bond donors (Lipinski definition) is 1. The van der Waals surface area contributed by atoms with E-state index in [1.54, 1.807) is 41.2 Å². The summed E-state index contributed by atoms with van der Waals surface area (Å²) in [5.74, 6) is 0.863. The van der Waals surface area contributed by atoms with Crippen LogP contribution in [0, 0.1) is 0 Å². The number of anilines is 1. The van der Waals surface area contributed by atoms with Crippen LogP contribution >= 0.6 is 0 Å². The van der Waals surface area contributed by atoms with Gasteiger partial charge in [-0.15, -0.1) is 0 Å². The van der Waals surface area contributed by atoms with Crippen LogP contribution < -0.4 is 5.32 Å². The number of carbonyl (C=O) groups is 1. The lowest BCUT2D eigenvalue weighted by molar-refractivity contribution is 0.102. The van der Waals surface area contributed by atoms with Crippen molar-refractivity contribution in [2.45, 2.75) is 0 Å². The van der Waals surface area contributed by atoms with Crippen LogP contribution in [0.25, 0.3) is 5.78 Å². The summed E-state index contributed by atoms with van der Waals surface area (Å²) < 4.78 is 1.78. The summed E-state index contributed by atoms with van der Waals surface area (Å²) >= 11 is 0. The molecule has 0 saturated carbocycles. The van der Waals surface area contributed by atoms with E-state index in [-0.39, 0.29) is 5.91 Å². The quantitative estimate of drug-likeness (QED) is 0.742. The normalized spacial score (nSPS) is 10.4. The van der Waals surface area contributed by atoms with Gasteiger partial charge in [0.25, 0.3) is 5.91 Å². The van der Waals surface area contributed by atoms with E-state index in [1.807, 2.05) is 18.2 Å². The standard InChI is InChI=1S/C13H10N4O/c18-12(10-4-2-1-3-5-10)15-11-6-8-17-9-7-14-13(17)16-11/h1-9H,(H,14,15,16,18). The van der Waals surface area contributed by atoms with Crippen LogP contribution in [0.2, 0.25) is 0 Å². The van der Waals surface area contributed by atoms with Gasteiger partial charge in [0, 0.05) is 24.2 Å². The predicted molar refractivity (Wildman–Crippen MR) is 67.4 cm³/mol. The molecule has 0 aliphatic carbocycles. The molecule has 0 saturated heterocycles. The fraction of sp³-hybridized carbons (Fsp3) is 0. The molecular formula is C13H10N4O. The van der Waals surface area contributed by atoms with Crippen molar-refractivity contribution in [2.24, 2.45) is 0 Å². The second-order valence-electron chi connectivity index (χ2n) is 3.77. The number of hydrogen-bond acceptors (Lipinski definition) is 3. The smallest absolute Gasteiger partial charge is 0.256 e. The number of benzene rings is 1. The predicted octanol–water partition coefficient (Wildman–Crippen LogP) is 1.98. The van der Waals surface area contributed by atoms with Gasteiger partial charge in [0.05, 0.1) is 0 Å². The summed E-state index contributed by atoms with van der Waals surface area (Å²) in [5.41, 5.74) is 0.600. The van der Waals surface area contributed by atoms with Crippen molar-refractivity contribution in [3.8, 4) is 0 Å². The van der Waals surface area contributed by atoms with Crippen molar-refractivity contribution in [2.75, 3.05) is 5.32 Å². The Labute approximate surface area is 103 Å². The summed E-state index contributed by atoms with van der Waals surface area (Å²) in [6.45, 7) is 0. The molecule has 1 amide bonds. The molecule has 0 atom stereocenters. The Bertz CT molecular complexity index is 690. The first-order chi connectivity index (χ1) is 8.83. The van der Waals surface area contributed by atoms with E-state index in [1.165, 1.54) is 0 Å². The first-order valence-corrected chi connectivity index (χ1v) is 5.49. The monoisotopic (exact) mass is 238 g/mol. The van der Waals surface area contributed by atoms with Crippen LogP contribution in [0.5, 0.6) is 0 Å². The molecule has 5 nitrogen and oxygen atoms in total. The molecule has 0 radical (unpaired) electrons. The fourth-order valence-electron chi connectivity index (χ4n) is 1.65. The topological polar surface area (TPSA) is 59.3 Å². The Balaban J connectivity index is 1.86. The van der Waals surface area contributed by atoms with E-state index in [0.29, 0.717) is 17.2 Å². The average molecular weight is 238 g/mol. The van der Waals surface area contributed by atoms with Crippen molar-refractivity contribution in [3.05, 3.63) is 60.6 Å². The van der Waals surface area contributed by atoms with E-state index in [2.05, 4.69) is 15.3 Å². The van der Waals surface area contributed by atoms with Crippen molar-refractivity contribution < 1.29 is 4.79 Å². The van der Waals surface area contributed by atoms with Crippen molar-refractivity contribution in [3.63, 3.8) is 0 Å². The number of fused-ring (bicyclic) bond motifs is 1. The van der Waals surface area contributed by atoms with Crippen LogP contribution in [0.15, 0.2) is 55.0 Å². The van der Waals surface area contributed by atoms with Crippen molar-refractivity contribution in [1.29, 1.82) is 0 Å². The highest BCUT2D eigenvalue weighted by Crippen LogP contribution is 2.07. The lowest BCUT2D eigenvalue weighted by Crippen LogP contribution is -2.13. The molecular weight excluding hydrogens is 228 g/mol. The van der Waals surface area contributed by atoms with Crippen LogP contribution in [-0.4, -0.2) is 20.3 Å². The zero-order chi connectivity index (χ0) is 12.4. The Hall–Kier alpha value is -2.69. The van der Waals surface area contributed by atoms with E-state index in [0.717, 1.165) is 0 Å². The van der Waals surface area contributed by atoms with Crippen LogP contribution in [0.4, 0.5) is 5.82 Å². The lowest BCUT2D eigenvalue weighted by Gasteiger charge is -2.04. The summed E-state index contributed by atoms with van der Waals surface area (Å²) in [7, 11) is 0. The third kappa shape index (κ3) is 1.93. The molecule has 2 heterocycles. The highest BCUT2D eigenvalue weighted by atomic mass is 16.1. The number of aromatic nitrogens is 3. The lowest BCUT2D eigenvalue weighted by atomic mass is 10.2. The molecule has 1 aromatic carbocycles. The number of rotatable bonds is 2. The van der Waals surface area contributed by atoms with Crippen molar-refractivity contribution in [1.82, 2.24) is 14.4 Å². The third-order valence-corrected chi connectivity index (χ3v) is 2.54. The zero-order valence-corrected chi connectivity index (χ0v) is 9.45. The summed E-state index contributed by atoms with van der Waals surface area (Å²) in [6.07, 6.45) is 5.26. The highest BCUT2D eigenvalue weighted by Gasteiger charge is 2.06. The third-order valence-electron chi connectivity index (χ3n) is 2.54. The number of imidazole rings is 1. The molecule has 3 rings (SSSR count). The first kappa shape index (κ1) is 10.5. The molecule has 18 heavy (non-hydrogen) atoms. The fourth-order valence-corrected chi connectivity index (χ4v) is 1.65. The zero-order valence-electron chi connectivity index (χ0n) is 9.45. The number of amides is 1. The van der Waals surface area contributed by atoms with Crippen LogP contribution in [0.3, 0.4) is 0 Å². The molecule has 0 aliphatic heterocycles. The van der Waals surface area contributed by atoms with E-state index in [9.17, 15) is 4.79 Å². The van der Waals surface area contributed by atoms with Gasteiger partial charge >= 0.3 is 0 Å². The SMILES string of the molecule is O=C(Nc1ccn2ccnc2n1)c1ccccc1. The summed E-state index contributed by atoms with van der Waals surface area (Å²) in [4.78, 5) is 20.2. The minimum absolute atomic E-state index is 0.181. The van der Waals surface area contributed by atoms with E-state index in [4.69, 9.17) is 0 Å². The largest absolute Gasteiger partial charge is 0.306 e. The Kier molecular flexibility index (Phi) is 2.49. The molecule has 0 aliphatic rings. The van der Waals surface area contributed by atoms with Crippen molar-refractivity contribution >= 4 is 17.5 Å². The molecule has 0 unspecified atom stereocenters. The first-order valence-electron chi connectivity index (χ1n) is 5.49. The Morgan fingerprint density at radius 1 is 1.11 bits per heavy atom. The molecule has 2 aromatic heterocycles. The number of nitrogens with zero attached hydrogens (tertiary/aromatic N) is 3. The summed E-state index contributed by atoms with van der Waals surface area (Å²) in [6, 6.07) is 10.7. The Morgan fingerprint density at radius 2 is 1.94 bits per heavy atom. The van der Waals surface area contributed by atoms with Gasteiger partial charge in [-0.3, -0.25) is 9.20 Å². The minimum Gasteiger partial charge on any atom is -0.306 e. The van der Waals surface area contributed by atoms with Gasteiger partial charge < -0.3 is 5.32 Å². The van der Waals surface area contributed by atoms with Crippen LogP contribution in [0.1, 0.15) is 10.4 Å². The van der Waals surface area contributed by atoms with Gasteiger partial charge in [0.2, 0.25) is 5.78 Å². The molecule has 88 valence electrons. The number of carbonyl (C=O) groups excluding carboxylic acids is 1. The van der Waals surface area contributed by atoms with Gasteiger partial charge in [-0.25, -0.2) is 4.98 Å². The molecule has 0 bridgehead atoms. The van der Waals surface area contributed by atoms with Crippen LogP contribution in [-0.2, 0) is 0 Å². The molecule has 3 aromatic rings. The van der Waals surface area contributed by atoms with Gasteiger partial charge in [0.15, 0.2) is 0 Å². The summed E-state index contributed by atoms with van der Waals surface area (Å²) in [5, 5.41) is 2.74. The van der Waals surface area contributed by atoms with E-state index >= 15 is 0 Å². The molecule has 5 heteroatoms. The second kappa shape index (κ2) is 4.29. The van der Waals surface area contributed by atoms with Gasteiger partial charge in [-0.2, -0.15) is 4.98 Å². The minimum atomic E-state index is -0.181. The van der Waals surface area contributed by atoms with E-state index < -0.39 is 0 Å². The average Bonchev–Trinajstić information content (AvgIpc) is 2.87. The van der Waals surface area contributed by atoms with Gasteiger partial charge in [0.1, 0.15) is 5.82 Å². The maximum absolute atomic E-state index is 11.9. The number of nitrogens with one attached hydrogen (secondary N) is 1.